The van der Waals surface area contributed by atoms with Crippen LogP contribution in [0.2, 0.25) is 0 Å². The Morgan fingerprint density at radius 3 is 2.50 bits per heavy atom. The Morgan fingerprint density at radius 1 is 1.15 bits per heavy atom. The van der Waals surface area contributed by atoms with Crippen LogP contribution >= 0.6 is 0 Å². The van der Waals surface area contributed by atoms with Crippen LogP contribution in [0, 0.1) is 0 Å². The molecule has 112 valence electrons. The van der Waals surface area contributed by atoms with Crippen molar-refractivity contribution in [1.29, 1.82) is 0 Å². The second-order valence-electron chi connectivity index (χ2n) is 6.19. The van der Waals surface area contributed by atoms with Crippen LogP contribution in [-0.4, -0.2) is 84.9 Å². The van der Waals surface area contributed by atoms with E-state index in [0.717, 1.165) is 52.1 Å². The third-order valence-electron chi connectivity index (χ3n) is 4.51. The predicted octanol–water partition coefficient (Wildman–Crippen LogP) is -0.887. The number of carbonyl (C=O) groups excluding carboxylic acids is 2. The third kappa shape index (κ3) is 3.02. The van der Waals surface area contributed by atoms with E-state index < -0.39 is 0 Å². The lowest BCUT2D eigenvalue weighted by Gasteiger charge is -2.32. The summed E-state index contributed by atoms with van der Waals surface area (Å²) in [5, 5.41) is 3.27. The minimum atomic E-state index is -0.282. The van der Waals surface area contributed by atoms with Crippen molar-refractivity contribution in [2.24, 2.45) is 0 Å². The maximum Gasteiger partial charge on any atom is 0.247 e. The first kappa shape index (κ1) is 14.0. The zero-order valence-electron chi connectivity index (χ0n) is 12.2. The number of piperazine rings is 1. The molecule has 0 aromatic carbocycles. The second kappa shape index (κ2) is 5.79. The van der Waals surface area contributed by atoms with Crippen molar-refractivity contribution < 1.29 is 9.59 Å². The van der Waals surface area contributed by atoms with Gasteiger partial charge in [0.15, 0.2) is 0 Å². The van der Waals surface area contributed by atoms with Gasteiger partial charge in [0.2, 0.25) is 11.8 Å². The van der Waals surface area contributed by atoms with Gasteiger partial charge in [-0.2, -0.15) is 0 Å². The fraction of sp³-hybridized carbons (Fsp3) is 0.857. The Morgan fingerprint density at radius 2 is 1.85 bits per heavy atom. The molecule has 1 saturated carbocycles. The predicted molar refractivity (Wildman–Crippen MR) is 75.2 cm³/mol. The molecule has 0 spiro atoms. The Hall–Kier alpha value is -0.980. The molecule has 0 bridgehead atoms. The number of imide groups is 1. The van der Waals surface area contributed by atoms with Gasteiger partial charge in [-0.05, 0) is 19.9 Å². The molecular weight excluding hydrogens is 256 g/mol. The molecule has 2 saturated heterocycles. The van der Waals surface area contributed by atoms with E-state index in [1.54, 1.807) is 0 Å². The molecule has 1 atom stereocenters. The first-order chi connectivity index (χ1) is 9.65. The number of rotatable bonds is 5. The average molecular weight is 280 g/mol. The number of hydrogen-bond acceptors (Lipinski definition) is 5. The van der Waals surface area contributed by atoms with Crippen molar-refractivity contribution in [2.45, 2.75) is 31.3 Å². The van der Waals surface area contributed by atoms with E-state index >= 15 is 0 Å². The molecule has 0 aromatic rings. The quantitative estimate of drug-likeness (QED) is 0.662. The summed E-state index contributed by atoms with van der Waals surface area (Å²) in [6, 6.07) is -0.0741. The van der Waals surface area contributed by atoms with Crippen LogP contribution in [-0.2, 0) is 9.59 Å². The summed E-state index contributed by atoms with van der Waals surface area (Å²) in [5.41, 5.74) is 0. The number of nitrogens with zero attached hydrogens (tertiary/aromatic N) is 3. The number of likely N-dealkylation sites (tertiary alicyclic amines) is 1. The molecule has 6 heteroatoms. The Kier molecular flexibility index (Phi) is 4.05. The van der Waals surface area contributed by atoms with Crippen LogP contribution in [0.15, 0.2) is 0 Å². The van der Waals surface area contributed by atoms with Gasteiger partial charge >= 0.3 is 0 Å². The highest BCUT2D eigenvalue weighted by atomic mass is 16.2. The summed E-state index contributed by atoms with van der Waals surface area (Å²) in [6.07, 6.45) is 2.33. The lowest BCUT2D eigenvalue weighted by molar-refractivity contribution is -0.139. The summed E-state index contributed by atoms with van der Waals surface area (Å²) in [6.45, 7) is 6.13. The zero-order valence-corrected chi connectivity index (χ0v) is 12.2. The standard InChI is InChI=1S/C14H24N4O2/c1-16-6-8-17(9-7-16)5-4-15-12-10-13(19)18(14(12)20)11-2-3-11/h11-12,15H,2-10H2,1H3. The summed E-state index contributed by atoms with van der Waals surface area (Å²) in [5.74, 6) is 0.00507. The number of carbonyl (C=O) groups is 2. The van der Waals surface area contributed by atoms with Crippen molar-refractivity contribution in [1.82, 2.24) is 20.0 Å². The first-order valence-corrected chi connectivity index (χ1v) is 7.65. The zero-order chi connectivity index (χ0) is 14.1. The minimum Gasteiger partial charge on any atom is -0.304 e. The van der Waals surface area contributed by atoms with E-state index in [1.807, 2.05) is 0 Å². The van der Waals surface area contributed by atoms with Gasteiger partial charge < -0.3 is 10.2 Å². The Labute approximate surface area is 120 Å². The van der Waals surface area contributed by atoms with Gasteiger partial charge in [0.05, 0.1) is 12.5 Å². The normalized spacial score (nSPS) is 29.4. The van der Waals surface area contributed by atoms with Gasteiger partial charge in [0, 0.05) is 45.3 Å². The van der Waals surface area contributed by atoms with E-state index in [0.29, 0.717) is 6.42 Å². The van der Waals surface area contributed by atoms with Crippen LogP contribution in [0.25, 0.3) is 0 Å². The summed E-state index contributed by atoms with van der Waals surface area (Å²) < 4.78 is 0. The Bertz CT molecular complexity index is 389. The van der Waals surface area contributed by atoms with Crippen LogP contribution < -0.4 is 5.32 Å². The largest absolute Gasteiger partial charge is 0.304 e. The van der Waals surface area contributed by atoms with Crippen LogP contribution in [0.5, 0.6) is 0 Å². The van der Waals surface area contributed by atoms with Crippen molar-refractivity contribution in [2.75, 3.05) is 46.3 Å². The molecule has 2 aliphatic heterocycles. The molecule has 20 heavy (non-hydrogen) atoms. The highest BCUT2D eigenvalue weighted by Gasteiger charge is 2.45. The summed E-state index contributed by atoms with van der Waals surface area (Å²) in [7, 11) is 2.14. The van der Waals surface area contributed by atoms with Gasteiger partial charge in [-0.1, -0.05) is 0 Å². The van der Waals surface area contributed by atoms with E-state index in [1.165, 1.54) is 4.90 Å². The third-order valence-corrected chi connectivity index (χ3v) is 4.51. The van der Waals surface area contributed by atoms with E-state index in [9.17, 15) is 9.59 Å². The summed E-state index contributed by atoms with van der Waals surface area (Å²) >= 11 is 0. The van der Waals surface area contributed by atoms with Crippen LogP contribution in [0.3, 0.4) is 0 Å². The maximum absolute atomic E-state index is 12.1. The average Bonchev–Trinajstić information content (AvgIpc) is 3.20. The minimum absolute atomic E-state index is 0.00382. The number of hydrogen-bond donors (Lipinski definition) is 1. The molecule has 1 aliphatic carbocycles. The Balaban J connectivity index is 1.40. The highest BCUT2D eigenvalue weighted by Crippen LogP contribution is 2.31. The van der Waals surface area contributed by atoms with Crippen LogP contribution in [0.4, 0.5) is 0 Å². The number of likely N-dealkylation sites (N-methyl/N-ethyl adjacent to an activating group) is 1. The topological polar surface area (TPSA) is 55.9 Å². The molecule has 2 heterocycles. The molecule has 1 N–H and O–H groups in total. The van der Waals surface area contributed by atoms with Crippen molar-refractivity contribution in [3.8, 4) is 0 Å². The fourth-order valence-corrected chi connectivity index (χ4v) is 3.00. The van der Waals surface area contributed by atoms with Gasteiger partial charge in [-0.25, -0.2) is 0 Å². The van der Waals surface area contributed by atoms with Crippen molar-refractivity contribution >= 4 is 11.8 Å². The van der Waals surface area contributed by atoms with Gasteiger partial charge in [0.25, 0.3) is 0 Å². The number of amides is 2. The molecule has 0 aromatic heterocycles. The monoisotopic (exact) mass is 280 g/mol. The van der Waals surface area contributed by atoms with E-state index in [2.05, 4.69) is 22.2 Å². The molecule has 3 aliphatic rings. The SMILES string of the molecule is CN1CCN(CCNC2CC(=O)N(C3CC3)C2=O)CC1. The molecular formula is C14H24N4O2. The molecule has 1 unspecified atom stereocenters. The van der Waals surface area contributed by atoms with Gasteiger partial charge in [0.1, 0.15) is 0 Å². The van der Waals surface area contributed by atoms with Crippen LogP contribution in [0.1, 0.15) is 19.3 Å². The van der Waals surface area contributed by atoms with Crippen molar-refractivity contribution in [3.05, 3.63) is 0 Å². The van der Waals surface area contributed by atoms with E-state index in [4.69, 9.17) is 0 Å². The number of nitrogens with one attached hydrogen (secondary N) is 1. The lowest BCUT2D eigenvalue weighted by atomic mass is 10.2. The molecule has 3 rings (SSSR count). The molecule has 0 radical (unpaired) electrons. The van der Waals surface area contributed by atoms with Crippen molar-refractivity contribution in [3.63, 3.8) is 0 Å². The van der Waals surface area contributed by atoms with Gasteiger partial charge in [-0.15, -0.1) is 0 Å². The first-order valence-electron chi connectivity index (χ1n) is 7.65. The second-order valence-corrected chi connectivity index (χ2v) is 6.19. The van der Waals surface area contributed by atoms with E-state index in [-0.39, 0.29) is 23.9 Å². The molecule has 6 nitrogen and oxygen atoms in total. The maximum atomic E-state index is 12.1. The van der Waals surface area contributed by atoms with Gasteiger partial charge in [-0.3, -0.25) is 19.4 Å². The smallest absolute Gasteiger partial charge is 0.247 e. The molecule has 2 amide bonds. The lowest BCUT2D eigenvalue weighted by Crippen LogP contribution is -2.48. The fourth-order valence-electron chi connectivity index (χ4n) is 3.00. The summed E-state index contributed by atoms with van der Waals surface area (Å²) in [4.78, 5) is 30.2. The molecule has 3 fully saturated rings. The highest BCUT2D eigenvalue weighted by molar-refractivity contribution is 6.06.